The largest absolute Gasteiger partial charge is 0.351 e. The van der Waals surface area contributed by atoms with Gasteiger partial charge in [-0.2, -0.15) is 5.10 Å². The molecule has 0 bridgehead atoms. The minimum absolute atomic E-state index is 0.521. The summed E-state index contributed by atoms with van der Waals surface area (Å²) in [6, 6.07) is 10.7. The SMILES string of the molecule is NC(=O)N(c1ccccc1)c1cc(C2CC2)n[nH]1. The first-order valence-electron chi connectivity index (χ1n) is 5.95. The Labute approximate surface area is 105 Å². The Morgan fingerprint density at radius 2 is 2.06 bits per heavy atom. The average molecular weight is 242 g/mol. The van der Waals surface area contributed by atoms with Crippen molar-refractivity contribution in [2.45, 2.75) is 18.8 Å². The van der Waals surface area contributed by atoms with Crippen molar-refractivity contribution in [1.82, 2.24) is 10.2 Å². The Balaban J connectivity index is 1.95. The fourth-order valence-electron chi connectivity index (χ4n) is 1.99. The molecule has 3 rings (SSSR count). The molecule has 1 saturated carbocycles. The number of carbonyl (C=O) groups is 1. The molecular formula is C13H14N4O. The van der Waals surface area contributed by atoms with Crippen molar-refractivity contribution in [1.29, 1.82) is 0 Å². The highest BCUT2D eigenvalue weighted by Gasteiger charge is 2.27. The van der Waals surface area contributed by atoms with Crippen LogP contribution >= 0.6 is 0 Å². The standard InChI is InChI=1S/C13H14N4O/c14-13(18)17(10-4-2-1-3-5-10)12-8-11(15-16-12)9-6-7-9/h1-5,8-9H,6-7H2,(H2,14,18)(H,15,16). The van der Waals surface area contributed by atoms with Crippen molar-refractivity contribution in [2.75, 3.05) is 4.90 Å². The first kappa shape index (κ1) is 10.8. The Hall–Kier alpha value is -2.30. The van der Waals surface area contributed by atoms with Crippen molar-refractivity contribution in [3.8, 4) is 0 Å². The van der Waals surface area contributed by atoms with E-state index in [4.69, 9.17) is 5.73 Å². The van der Waals surface area contributed by atoms with Crippen LogP contribution in [0.15, 0.2) is 36.4 Å². The zero-order valence-corrected chi connectivity index (χ0v) is 9.84. The second kappa shape index (κ2) is 4.18. The maximum absolute atomic E-state index is 11.6. The van der Waals surface area contributed by atoms with E-state index in [1.807, 2.05) is 36.4 Å². The molecule has 2 amide bonds. The molecule has 2 aromatic rings. The average Bonchev–Trinajstić information content (AvgIpc) is 3.11. The number of nitrogens with two attached hydrogens (primary N) is 1. The van der Waals surface area contributed by atoms with Gasteiger partial charge in [0.1, 0.15) is 5.82 Å². The molecule has 0 radical (unpaired) electrons. The number of primary amides is 1. The lowest BCUT2D eigenvalue weighted by Crippen LogP contribution is -2.31. The number of anilines is 2. The Morgan fingerprint density at radius 1 is 1.33 bits per heavy atom. The van der Waals surface area contributed by atoms with Gasteiger partial charge in [-0.25, -0.2) is 9.69 Å². The minimum Gasteiger partial charge on any atom is -0.351 e. The molecule has 1 aliphatic rings. The van der Waals surface area contributed by atoms with Gasteiger partial charge in [0.05, 0.1) is 11.4 Å². The van der Waals surface area contributed by atoms with Gasteiger partial charge in [-0.05, 0) is 25.0 Å². The fraction of sp³-hybridized carbons (Fsp3) is 0.231. The third-order valence-electron chi connectivity index (χ3n) is 3.06. The van der Waals surface area contributed by atoms with E-state index >= 15 is 0 Å². The number of benzene rings is 1. The van der Waals surface area contributed by atoms with E-state index in [-0.39, 0.29) is 0 Å². The van der Waals surface area contributed by atoms with Gasteiger partial charge in [0.15, 0.2) is 0 Å². The van der Waals surface area contributed by atoms with Crippen molar-refractivity contribution in [3.63, 3.8) is 0 Å². The molecule has 1 heterocycles. The summed E-state index contributed by atoms with van der Waals surface area (Å²) < 4.78 is 0. The maximum atomic E-state index is 11.6. The first-order valence-corrected chi connectivity index (χ1v) is 5.95. The predicted molar refractivity (Wildman–Crippen MR) is 68.7 cm³/mol. The number of aromatic amines is 1. The number of carbonyl (C=O) groups excluding carboxylic acids is 1. The first-order chi connectivity index (χ1) is 8.75. The third kappa shape index (κ3) is 1.95. The van der Waals surface area contributed by atoms with Crippen LogP contribution in [0.3, 0.4) is 0 Å². The summed E-state index contributed by atoms with van der Waals surface area (Å²) in [5.41, 5.74) is 7.18. The number of amides is 2. The van der Waals surface area contributed by atoms with E-state index in [0.717, 1.165) is 11.4 Å². The summed E-state index contributed by atoms with van der Waals surface area (Å²) in [6.07, 6.45) is 2.35. The van der Waals surface area contributed by atoms with Gasteiger partial charge in [0, 0.05) is 12.0 Å². The summed E-state index contributed by atoms with van der Waals surface area (Å²) in [5, 5.41) is 7.11. The summed E-state index contributed by atoms with van der Waals surface area (Å²) in [7, 11) is 0. The second-order valence-electron chi connectivity index (χ2n) is 4.46. The Kier molecular flexibility index (Phi) is 2.51. The van der Waals surface area contributed by atoms with E-state index in [9.17, 15) is 4.79 Å². The van der Waals surface area contributed by atoms with Crippen LogP contribution in [0.2, 0.25) is 0 Å². The number of urea groups is 1. The molecule has 0 unspecified atom stereocenters. The van der Waals surface area contributed by atoms with Crippen LogP contribution in [0.4, 0.5) is 16.3 Å². The zero-order chi connectivity index (χ0) is 12.5. The number of para-hydroxylation sites is 1. The highest BCUT2D eigenvalue weighted by atomic mass is 16.2. The number of nitrogens with one attached hydrogen (secondary N) is 1. The van der Waals surface area contributed by atoms with E-state index in [2.05, 4.69) is 10.2 Å². The Bertz CT molecular complexity index is 559. The lowest BCUT2D eigenvalue weighted by molar-refractivity contribution is 0.256. The van der Waals surface area contributed by atoms with E-state index in [0.29, 0.717) is 11.7 Å². The predicted octanol–water partition coefficient (Wildman–Crippen LogP) is 2.50. The zero-order valence-electron chi connectivity index (χ0n) is 9.84. The number of nitrogens with zero attached hydrogens (tertiary/aromatic N) is 2. The summed E-state index contributed by atoms with van der Waals surface area (Å²) in [4.78, 5) is 13.0. The molecule has 0 aliphatic heterocycles. The molecule has 1 aliphatic carbocycles. The molecule has 92 valence electrons. The van der Waals surface area contributed by atoms with Gasteiger partial charge in [0.25, 0.3) is 0 Å². The van der Waals surface area contributed by atoms with Crippen LogP contribution in [-0.4, -0.2) is 16.2 Å². The topological polar surface area (TPSA) is 75.0 Å². The molecule has 0 saturated heterocycles. The number of rotatable bonds is 3. The van der Waals surface area contributed by atoms with Gasteiger partial charge in [0.2, 0.25) is 0 Å². The van der Waals surface area contributed by atoms with E-state index in [1.165, 1.54) is 17.7 Å². The fourth-order valence-corrected chi connectivity index (χ4v) is 1.99. The monoisotopic (exact) mass is 242 g/mol. The minimum atomic E-state index is -0.521. The maximum Gasteiger partial charge on any atom is 0.325 e. The van der Waals surface area contributed by atoms with Crippen LogP contribution < -0.4 is 10.6 Å². The van der Waals surface area contributed by atoms with Gasteiger partial charge in [-0.15, -0.1) is 0 Å². The lowest BCUT2D eigenvalue weighted by atomic mass is 10.2. The molecule has 0 spiro atoms. The molecule has 0 atom stereocenters. The molecular weight excluding hydrogens is 228 g/mol. The lowest BCUT2D eigenvalue weighted by Gasteiger charge is -2.17. The van der Waals surface area contributed by atoms with Crippen LogP contribution in [0, 0.1) is 0 Å². The van der Waals surface area contributed by atoms with Crippen molar-refractivity contribution >= 4 is 17.5 Å². The normalized spacial score (nSPS) is 14.4. The van der Waals surface area contributed by atoms with Crippen LogP contribution in [0.5, 0.6) is 0 Å². The Morgan fingerprint density at radius 3 is 2.67 bits per heavy atom. The smallest absolute Gasteiger partial charge is 0.325 e. The number of hydrogen-bond acceptors (Lipinski definition) is 2. The highest BCUT2D eigenvalue weighted by molar-refractivity contribution is 5.97. The third-order valence-corrected chi connectivity index (χ3v) is 3.06. The molecule has 3 N–H and O–H groups in total. The van der Waals surface area contributed by atoms with E-state index in [1.54, 1.807) is 0 Å². The highest BCUT2D eigenvalue weighted by Crippen LogP contribution is 2.40. The summed E-state index contributed by atoms with van der Waals surface area (Å²) in [6.45, 7) is 0. The summed E-state index contributed by atoms with van der Waals surface area (Å²) in [5.74, 6) is 1.16. The van der Waals surface area contributed by atoms with Gasteiger partial charge < -0.3 is 5.73 Å². The van der Waals surface area contributed by atoms with Crippen LogP contribution in [0.25, 0.3) is 0 Å². The number of hydrogen-bond donors (Lipinski definition) is 2. The molecule has 5 heteroatoms. The molecule has 18 heavy (non-hydrogen) atoms. The number of H-pyrrole nitrogens is 1. The second-order valence-corrected chi connectivity index (χ2v) is 4.46. The van der Waals surface area contributed by atoms with Crippen LogP contribution in [-0.2, 0) is 0 Å². The molecule has 5 nitrogen and oxygen atoms in total. The quantitative estimate of drug-likeness (QED) is 0.867. The summed E-state index contributed by atoms with van der Waals surface area (Å²) >= 11 is 0. The number of aromatic nitrogens is 2. The van der Waals surface area contributed by atoms with Gasteiger partial charge in [-0.1, -0.05) is 18.2 Å². The van der Waals surface area contributed by atoms with Crippen molar-refractivity contribution < 1.29 is 4.79 Å². The van der Waals surface area contributed by atoms with E-state index < -0.39 is 6.03 Å². The molecule has 1 aromatic carbocycles. The van der Waals surface area contributed by atoms with Crippen LogP contribution in [0.1, 0.15) is 24.5 Å². The van der Waals surface area contributed by atoms with Gasteiger partial charge >= 0.3 is 6.03 Å². The van der Waals surface area contributed by atoms with Gasteiger partial charge in [-0.3, -0.25) is 5.10 Å². The van der Waals surface area contributed by atoms with Crippen molar-refractivity contribution in [3.05, 3.63) is 42.1 Å². The molecule has 1 fully saturated rings. The molecule has 1 aromatic heterocycles. The van der Waals surface area contributed by atoms with Crippen molar-refractivity contribution in [2.24, 2.45) is 5.73 Å².